The number of aromatic nitrogens is 1. The molecule has 0 spiro atoms. The van der Waals surface area contributed by atoms with Crippen LogP contribution in [0.15, 0.2) is 41.8 Å². The van der Waals surface area contributed by atoms with Crippen LogP contribution in [0.2, 0.25) is 0 Å². The number of carbonyl (C=O) groups is 1. The van der Waals surface area contributed by atoms with Crippen molar-refractivity contribution in [3.8, 4) is 10.6 Å². The topological polar surface area (TPSA) is 54.5 Å². The van der Waals surface area contributed by atoms with E-state index in [9.17, 15) is 4.79 Å². The molecule has 4 rings (SSSR count). The van der Waals surface area contributed by atoms with E-state index in [1.165, 1.54) is 15.3 Å². The molecule has 1 saturated heterocycles. The Morgan fingerprint density at radius 2 is 2.10 bits per heavy atom. The van der Waals surface area contributed by atoms with Crippen LogP contribution in [0, 0.1) is 6.92 Å². The first-order chi connectivity index (χ1) is 14.2. The molecule has 1 N–H and O–H groups in total. The van der Waals surface area contributed by atoms with E-state index in [0.29, 0.717) is 6.54 Å². The third-order valence-electron chi connectivity index (χ3n) is 4.89. The van der Waals surface area contributed by atoms with Crippen molar-refractivity contribution in [2.45, 2.75) is 19.9 Å². The maximum Gasteiger partial charge on any atom is 0.251 e. The van der Waals surface area contributed by atoms with Crippen LogP contribution in [-0.4, -0.2) is 48.6 Å². The van der Waals surface area contributed by atoms with Crippen molar-refractivity contribution >= 4 is 28.6 Å². The molecule has 3 aromatic rings. The predicted octanol–water partition coefficient (Wildman–Crippen LogP) is 3.98. The maximum absolute atomic E-state index is 12.6. The number of nitrogens with zero attached hydrogens (tertiary/aromatic N) is 2. The molecule has 1 aliphatic heterocycles. The summed E-state index contributed by atoms with van der Waals surface area (Å²) in [6.45, 7) is 6.97. The number of thiazole rings is 1. The summed E-state index contributed by atoms with van der Waals surface area (Å²) in [6.07, 6.45) is 0.826. The smallest absolute Gasteiger partial charge is 0.251 e. The largest absolute Gasteiger partial charge is 0.379 e. The SMILES string of the molecule is Cc1nc(-c2ccc(CCNC(=O)c3cccc(CN4CCOCC4)c3)s2)cs1. The second kappa shape index (κ2) is 9.63. The van der Waals surface area contributed by atoms with Crippen LogP contribution in [0.3, 0.4) is 0 Å². The van der Waals surface area contributed by atoms with Gasteiger partial charge in [-0.3, -0.25) is 9.69 Å². The summed E-state index contributed by atoms with van der Waals surface area (Å²) in [5.41, 5.74) is 2.94. The molecule has 1 aliphatic rings. The van der Waals surface area contributed by atoms with Crippen LogP contribution in [0.25, 0.3) is 10.6 Å². The first kappa shape index (κ1) is 20.2. The van der Waals surface area contributed by atoms with E-state index in [4.69, 9.17) is 4.74 Å². The van der Waals surface area contributed by atoms with Gasteiger partial charge in [-0.2, -0.15) is 0 Å². The summed E-state index contributed by atoms with van der Waals surface area (Å²) in [7, 11) is 0. The van der Waals surface area contributed by atoms with Crippen LogP contribution in [0.4, 0.5) is 0 Å². The minimum atomic E-state index is -0.0132. The zero-order chi connectivity index (χ0) is 20.1. The molecule has 1 amide bonds. The summed E-state index contributed by atoms with van der Waals surface area (Å²) >= 11 is 3.41. The number of rotatable bonds is 7. The lowest BCUT2D eigenvalue weighted by Crippen LogP contribution is -2.35. The fourth-order valence-corrected chi connectivity index (χ4v) is 5.01. The molecule has 0 unspecified atom stereocenters. The van der Waals surface area contributed by atoms with Gasteiger partial charge in [0.05, 0.1) is 28.8 Å². The van der Waals surface area contributed by atoms with Crippen molar-refractivity contribution in [2.24, 2.45) is 0 Å². The normalized spacial score (nSPS) is 14.8. The number of hydrogen-bond acceptors (Lipinski definition) is 6. The van der Waals surface area contributed by atoms with E-state index >= 15 is 0 Å². The Kier molecular flexibility index (Phi) is 6.71. The predicted molar refractivity (Wildman–Crippen MR) is 119 cm³/mol. The van der Waals surface area contributed by atoms with Crippen LogP contribution in [-0.2, 0) is 17.7 Å². The zero-order valence-electron chi connectivity index (χ0n) is 16.5. The highest BCUT2D eigenvalue weighted by Gasteiger charge is 2.12. The molecule has 152 valence electrons. The van der Waals surface area contributed by atoms with E-state index in [1.807, 2.05) is 25.1 Å². The van der Waals surface area contributed by atoms with Crippen molar-refractivity contribution < 1.29 is 9.53 Å². The number of hydrogen-bond donors (Lipinski definition) is 1. The highest BCUT2D eigenvalue weighted by Crippen LogP contribution is 2.29. The Balaban J connectivity index is 1.28. The van der Waals surface area contributed by atoms with Gasteiger partial charge in [0.15, 0.2) is 0 Å². The van der Waals surface area contributed by atoms with Gasteiger partial charge in [-0.1, -0.05) is 12.1 Å². The van der Waals surface area contributed by atoms with E-state index in [-0.39, 0.29) is 5.91 Å². The first-order valence-corrected chi connectivity index (χ1v) is 11.6. The van der Waals surface area contributed by atoms with Crippen molar-refractivity contribution in [1.29, 1.82) is 0 Å². The second-order valence-corrected chi connectivity index (χ2v) is 9.34. The van der Waals surface area contributed by atoms with E-state index in [1.54, 1.807) is 22.7 Å². The van der Waals surface area contributed by atoms with Crippen molar-refractivity contribution in [1.82, 2.24) is 15.2 Å². The minimum Gasteiger partial charge on any atom is -0.379 e. The molecule has 0 radical (unpaired) electrons. The summed E-state index contributed by atoms with van der Waals surface area (Å²) in [5.74, 6) is -0.0132. The Hall–Kier alpha value is -2.06. The van der Waals surface area contributed by atoms with E-state index in [0.717, 1.165) is 55.5 Å². The fourth-order valence-electron chi connectivity index (χ4n) is 3.36. The van der Waals surface area contributed by atoms with Crippen molar-refractivity contribution in [3.05, 3.63) is 62.8 Å². The lowest BCUT2D eigenvalue weighted by molar-refractivity contribution is 0.0342. The van der Waals surface area contributed by atoms with Crippen LogP contribution in [0.5, 0.6) is 0 Å². The van der Waals surface area contributed by atoms with Gasteiger partial charge >= 0.3 is 0 Å². The number of morpholine rings is 1. The molecule has 7 heteroatoms. The molecule has 2 aromatic heterocycles. The number of amides is 1. The first-order valence-electron chi connectivity index (χ1n) is 9.86. The summed E-state index contributed by atoms with van der Waals surface area (Å²) in [4.78, 5) is 21.9. The van der Waals surface area contributed by atoms with Crippen LogP contribution >= 0.6 is 22.7 Å². The van der Waals surface area contributed by atoms with Gasteiger partial charge in [0, 0.05) is 42.0 Å². The van der Waals surface area contributed by atoms with Crippen LogP contribution < -0.4 is 5.32 Å². The zero-order valence-corrected chi connectivity index (χ0v) is 18.2. The fraction of sp³-hybridized carbons (Fsp3) is 0.364. The summed E-state index contributed by atoms with van der Waals surface area (Å²) < 4.78 is 5.40. The number of nitrogens with one attached hydrogen (secondary N) is 1. The second-order valence-electron chi connectivity index (χ2n) is 7.11. The van der Waals surface area contributed by atoms with Gasteiger partial charge in [0.25, 0.3) is 5.91 Å². The standard InChI is InChI=1S/C22H25N3O2S2/c1-16-24-20(15-28-16)21-6-5-19(29-21)7-8-23-22(26)18-4-2-3-17(13-18)14-25-9-11-27-12-10-25/h2-6,13,15H,7-12,14H2,1H3,(H,23,26). The molecule has 0 bridgehead atoms. The quantitative estimate of drug-likeness (QED) is 0.620. The van der Waals surface area contributed by atoms with Gasteiger partial charge in [0.1, 0.15) is 0 Å². The molecular formula is C22H25N3O2S2. The van der Waals surface area contributed by atoms with Gasteiger partial charge in [-0.25, -0.2) is 4.98 Å². The van der Waals surface area contributed by atoms with Gasteiger partial charge in [-0.15, -0.1) is 22.7 Å². The molecule has 29 heavy (non-hydrogen) atoms. The number of ether oxygens (including phenoxy) is 1. The van der Waals surface area contributed by atoms with Gasteiger partial charge < -0.3 is 10.1 Å². The molecule has 0 atom stereocenters. The monoisotopic (exact) mass is 427 g/mol. The Labute approximate surface area is 179 Å². The van der Waals surface area contributed by atoms with E-state index < -0.39 is 0 Å². The Bertz CT molecular complexity index is 960. The molecular weight excluding hydrogens is 402 g/mol. The van der Waals surface area contributed by atoms with E-state index in [2.05, 4.69) is 38.8 Å². The molecule has 3 heterocycles. The van der Waals surface area contributed by atoms with Gasteiger partial charge in [0.2, 0.25) is 0 Å². The summed E-state index contributed by atoms with van der Waals surface area (Å²) in [5, 5.41) is 6.23. The van der Waals surface area contributed by atoms with Crippen molar-refractivity contribution in [2.75, 3.05) is 32.8 Å². The third-order valence-corrected chi connectivity index (χ3v) is 6.83. The molecule has 0 saturated carbocycles. The average Bonchev–Trinajstić information content (AvgIpc) is 3.38. The Morgan fingerprint density at radius 3 is 2.90 bits per heavy atom. The third kappa shape index (κ3) is 5.51. The van der Waals surface area contributed by atoms with Crippen LogP contribution in [0.1, 0.15) is 25.8 Å². The Morgan fingerprint density at radius 1 is 1.24 bits per heavy atom. The number of thiophene rings is 1. The number of carbonyl (C=O) groups excluding carboxylic acids is 1. The summed E-state index contributed by atoms with van der Waals surface area (Å²) in [6, 6.07) is 12.2. The molecule has 1 aromatic carbocycles. The minimum absolute atomic E-state index is 0.0132. The lowest BCUT2D eigenvalue weighted by Gasteiger charge is -2.26. The molecule has 1 fully saturated rings. The number of aryl methyl sites for hydroxylation is 1. The average molecular weight is 428 g/mol. The highest BCUT2D eigenvalue weighted by atomic mass is 32.1. The van der Waals surface area contributed by atoms with Crippen molar-refractivity contribution in [3.63, 3.8) is 0 Å². The molecule has 0 aliphatic carbocycles. The highest BCUT2D eigenvalue weighted by molar-refractivity contribution is 7.16. The lowest BCUT2D eigenvalue weighted by atomic mass is 10.1. The number of benzene rings is 1. The maximum atomic E-state index is 12.6. The van der Waals surface area contributed by atoms with Gasteiger partial charge in [-0.05, 0) is 43.2 Å². The molecule has 5 nitrogen and oxygen atoms in total.